The fraction of sp³-hybridized carbons (Fsp3) is 0.500. The Balaban J connectivity index is 0.00000133. The Bertz CT molecular complexity index is 461. The zero-order valence-corrected chi connectivity index (χ0v) is 11.5. The summed E-state index contributed by atoms with van der Waals surface area (Å²) < 4.78 is 0. The first-order valence-corrected chi connectivity index (χ1v) is 6.55. The van der Waals surface area contributed by atoms with Crippen molar-refractivity contribution in [2.45, 2.75) is 37.5 Å². The topological polar surface area (TPSA) is 61.4 Å². The number of aliphatic hydroxyl groups is 1. The number of carbonyl (C=O) groups is 1. The molecule has 104 valence electrons. The summed E-state index contributed by atoms with van der Waals surface area (Å²) in [6.07, 6.45) is 2.05. The standard InChI is InChI=1S/C14H18N2O2.ClH/c17-12-8-9-4-1-2-5-10(9)13(12)16-14(18)11-6-3-7-15-11;/h1-2,4-5,11-13,15,17H,3,6-8H2,(H,16,18);1H/t11-,12-,13+;/m0./s1. The molecule has 0 aromatic heterocycles. The van der Waals surface area contributed by atoms with Crippen LogP contribution in [0.3, 0.4) is 0 Å². The molecule has 0 unspecified atom stereocenters. The summed E-state index contributed by atoms with van der Waals surface area (Å²) in [6, 6.07) is 7.57. The smallest absolute Gasteiger partial charge is 0.237 e. The average molecular weight is 283 g/mol. The summed E-state index contributed by atoms with van der Waals surface area (Å²) in [5.41, 5.74) is 2.19. The lowest BCUT2D eigenvalue weighted by Gasteiger charge is -2.20. The number of halogens is 1. The number of rotatable bonds is 2. The molecule has 3 atom stereocenters. The highest BCUT2D eigenvalue weighted by atomic mass is 35.5. The van der Waals surface area contributed by atoms with Crippen LogP contribution < -0.4 is 10.6 Å². The minimum absolute atomic E-state index is 0. The highest BCUT2D eigenvalue weighted by Crippen LogP contribution is 2.31. The van der Waals surface area contributed by atoms with Gasteiger partial charge in [0.1, 0.15) is 0 Å². The third kappa shape index (κ3) is 2.76. The number of fused-ring (bicyclic) bond motifs is 1. The first-order chi connectivity index (χ1) is 8.75. The van der Waals surface area contributed by atoms with Crippen molar-refractivity contribution >= 4 is 18.3 Å². The molecule has 1 heterocycles. The minimum atomic E-state index is -0.507. The summed E-state index contributed by atoms with van der Waals surface area (Å²) in [5, 5.41) is 16.2. The quantitative estimate of drug-likeness (QED) is 0.756. The van der Waals surface area contributed by atoms with E-state index in [2.05, 4.69) is 10.6 Å². The molecule has 1 fully saturated rings. The molecule has 1 amide bonds. The van der Waals surface area contributed by atoms with Crippen LogP contribution in [0.2, 0.25) is 0 Å². The van der Waals surface area contributed by atoms with E-state index in [-0.39, 0.29) is 30.4 Å². The maximum atomic E-state index is 12.1. The van der Waals surface area contributed by atoms with E-state index in [1.807, 2.05) is 24.3 Å². The van der Waals surface area contributed by atoms with Crippen LogP contribution in [-0.2, 0) is 11.2 Å². The Hall–Kier alpha value is -1.10. The minimum Gasteiger partial charge on any atom is -0.390 e. The number of benzene rings is 1. The average Bonchev–Trinajstić information content (AvgIpc) is 2.98. The third-order valence-electron chi connectivity index (χ3n) is 3.88. The second-order valence-electron chi connectivity index (χ2n) is 5.11. The molecule has 4 nitrogen and oxygen atoms in total. The van der Waals surface area contributed by atoms with E-state index in [1.54, 1.807) is 0 Å². The number of amides is 1. The largest absolute Gasteiger partial charge is 0.390 e. The Labute approximate surface area is 119 Å². The highest BCUT2D eigenvalue weighted by Gasteiger charge is 2.33. The third-order valence-corrected chi connectivity index (χ3v) is 3.88. The lowest BCUT2D eigenvalue weighted by Crippen LogP contribution is -2.44. The van der Waals surface area contributed by atoms with E-state index in [4.69, 9.17) is 0 Å². The van der Waals surface area contributed by atoms with Crippen LogP contribution in [0.5, 0.6) is 0 Å². The molecule has 1 aliphatic heterocycles. The van der Waals surface area contributed by atoms with Crippen LogP contribution in [0, 0.1) is 0 Å². The van der Waals surface area contributed by atoms with Crippen molar-refractivity contribution in [2.24, 2.45) is 0 Å². The summed E-state index contributed by atoms with van der Waals surface area (Å²) in [5.74, 6) is 0.00764. The molecule has 5 heteroatoms. The van der Waals surface area contributed by atoms with E-state index in [1.165, 1.54) is 0 Å². The maximum Gasteiger partial charge on any atom is 0.237 e. The van der Waals surface area contributed by atoms with Gasteiger partial charge >= 0.3 is 0 Å². The molecule has 1 aromatic carbocycles. The van der Waals surface area contributed by atoms with Crippen LogP contribution in [0.15, 0.2) is 24.3 Å². The summed E-state index contributed by atoms with van der Waals surface area (Å²) in [7, 11) is 0. The van der Waals surface area contributed by atoms with Crippen LogP contribution in [-0.4, -0.2) is 29.7 Å². The lowest BCUT2D eigenvalue weighted by atomic mass is 10.1. The lowest BCUT2D eigenvalue weighted by molar-refractivity contribution is -0.124. The van der Waals surface area contributed by atoms with Crippen molar-refractivity contribution in [3.05, 3.63) is 35.4 Å². The molecular formula is C14H19ClN2O2. The van der Waals surface area contributed by atoms with Gasteiger partial charge in [0.15, 0.2) is 0 Å². The molecular weight excluding hydrogens is 264 g/mol. The number of nitrogens with one attached hydrogen (secondary N) is 2. The van der Waals surface area contributed by atoms with Gasteiger partial charge in [-0.25, -0.2) is 0 Å². The van der Waals surface area contributed by atoms with Gasteiger partial charge in [0, 0.05) is 6.42 Å². The normalized spacial score (nSPS) is 28.6. The molecule has 1 aromatic rings. The molecule has 0 saturated carbocycles. The van der Waals surface area contributed by atoms with Gasteiger partial charge in [0.05, 0.1) is 18.2 Å². The van der Waals surface area contributed by atoms with Gasteiger partial charge in [-0.2, -0.15) is 0 Å². The predicted molar refractivity (Wildman–Crippen MR) is 75.3 cm³/mol. The van der Waals surface area contributed by atoms with Crippen LogP contribution >= 0.6 is 12.4 Å². The van der Waals surface area contributed by atoms with Crippen molar-refractivity contribution < 1.29 is 9.90 Å². The van der Waals surface area contributed by atoms with E-state index >= 15 is 0 Å². The molecule has 19 heavy (non-hydrogen) atoms. The van der Waals surface area contributed by atoms with Crippen molar-refractivity contribution in [3.8, 4) is 0 Å². The molecule has 0 bridgehead atoms. The first kappa shape index (κ1) is 14.3. The second-order valence-corrected chi connectivity index (χ2v) is 5.11. The SMILES string of the molecule is Cl.O=C(N[C@@H]1c2ccccc2C[C@@H]1O)[C@@H]1CCCN1. The van der Waals surface area contributed by atoms with Crippen molar-refractivity contribution in [1.82, 2.24) is 10.6 Å². The number of aliphatic hydroxyl groups excluding tert-OH is 1. The fourth-order valence-corrected chi connectivity index (χ4v) is 2.91. The molecule has 1 saturated heterocycles. The summed E-state index contributed by atoms with van der Waals surface area (Å²) in [4.78, 5) is 12.1. The van der Waals surface area contributed by atoms with Crippen LogP contribution in [0.1, 0.15) is 30.0 Å². The first-order valence-electron chi connectivity index (χ1n) is 6.55. The molecule has 0 radical (unpaired) electrons. The van der Waals surface area contributed by atoms with Gasteiger partial charge in [-0.15, -0.1) is 12.4 Å². The Morgan fingerprint density at radius 2 is 2.16 bits per heavy atom. The zero-order chi connectivity index (χ0) is 12.5. The Morgan fingerprint density at radius 1 is 1.37 bits per heavy atom. The van der Waals surface area contributed by atoms with E-state index in [0.717, 1.165) is 30.5 Å². The van der Waals surface area contributed by atoms with Crippen LogP contribution in [0.25, 0.3) is 0 Å². The van der Waals surface area contributed by atoms with Crippen molar-refractivity contribution in [3.63, 3.8) is 0 Å². The Morgan fingerprint density at radius 3 is 2.89 bits per heavy atom. The second kappa shape index (κ2) is 5.90. The van der Waals surface area contributed by atoms with Crippen molar-refractivity contribution in [2.75, 3.05) is 6.54 Å². The predicted octanol–water partition coefficient (Wildman–Crippen LogP) is 0.935. The summed E-state index contributed by atoms with van der Waals surface area (Å²) in [6.45, 7) is 0.905. The molecule has 1 aliphatic carbocycles. The molecule has 3 N–H and O–H groups in total. The van der Waals surface area contributed by atoms with Gasteiger partial charge in [0.25, 0.3) is 0 Å². The van der Waals surface area contributed by atoms with E-state index in [9.17, 15) is 9.90 Å². The summed E-state index contributed by atoms with van der Waals surface area (Å²) >= 11 is 0. The van der Waals surface area contributed by atoms with Gasteiger partial charge in [-0.05, 0) is 30.5 Å². The monoisotopic (exact) mass is 282 g/mol. The molecule has 2 aliphatic rings. The number of hydrogen-bond acceptors (Lipinski definition) is 3. The van der Waals surface area contributed by atoms with Gasteiger partial charge in [0.2, 0.25) is 5.91 Å². The highest BCUT2D eigenvalue weighted by molar-refractivity contribution is 5.85. The fourth-order valence-electron chi connectivity index (χ4n) is 2.91. The molecule has 3 rings (SSSR count). The van der Waals surface area contributed by atoms with Gasteiger partial charge in [-0.1, -0.05) is 24.3 Å². The molecule has 0 spiro atoms. The van der Waals surface area contributed by atoms with E-state index in [0.29, 0.717) is 6.42 Å². The number of carbonyl (C=O) groups excluding carboxylic acids is 1. The maximum absolute atomic E-state index is 12.1. The Kier molecular flexibility index (Phi) is 4.45. The zero-order valence-electron chi connectivity index (χ0n) is 10.6. The van der Waals surface area contributed by atoms with E-state index < -0.39 is 6.10 Å². The van der Waals surface area contributed by atoms with Gasteiger partial charge in [-0.3, -0.25) is 4.79 Å². The number of hydrogen-bond donors (Lipinski definition) is 3. The van der Waals surface area contributed by atoms with Crippen molar-refractivity contribution in [1.29, 1.82) is 0 Å². The van der Waals surface area contributed by atoms with Gasteiger partial charge < -0.3 is 15.7 Å². The van der Waals surface area contributed by atoms with Crippen LogP contribution in [0.4, 0.5) is 0 Å².